The standard InChI is InChI=1S/C44H29N5O/c1-28-10-8-17-33(24-28)38-21-19-35(27-46-38)43-48-41(30-13-6-3-7-14-30)47-42(49-43)34-18-20-37-39(26-34)50-44-40(37)36(22-23-45-44)32-16-9-15-31(25-32)29-11-4-2-5-12-29/h2-27H,1H3. The van der Waals surface area contributed by atoms with E-state index in [0.29, 0.717) is 28.8 Å². The summed E-state index contributed by atoms with van der Waals surface area (Å²) < 4.78 is 6.39. The molecule has 0 saturated heterocycles. The van der Waals surface area contributed by atoms with Crippen molar-refractivity contribution in [1.29, 1.82) is 0 Å². The molecule has 0 fully saturated rings. The van der Waals surface area contributed by atoms with E-state index in [9.17, 15) is 0 Å². The molecule has 0 radical (unpaired) electrons. The lowest BCUT2D eigenvalue weighted by molar-refractivity contribution is 0.654. The molecule has 9 aromatic rings. The molecule has 4 aromatic heterocycles. The topological polar surface area (TPSA) is 77.6 Å². The smallest absolute Gasteiger partial charge is 0.227 e. The second-order valence-electron chi connectivity index (χ2n) is 12.3. The lowest BCUT2D eigenvalue weighted by Gasteiger charge is -2.09. The van der Waals surface area contributed by atoms with Crippen molar-refractivity contribution in [3.63, 3.8) is 0 Å². The number of rotatable bonds is 6. The van der Waals surface area contributed by atoms with Crippen molar-refractivity contribution in [3.05, 3.63) is 164 Å². The van der Waals surface area contributed by atoms with Crippen LogP contribution in [0.4, 0.5) is 0 Å². The summed E-state index contributed by atoms with van der Waals surface area (Å²) in [5, 5.41) is 1.95. The van der Waals surface area contributed by atoms with Crippen molar-refractivity contribution >= 4 is 22.1 Å². The summed E-state index contributed by atoms with van der Waals surface area (Å²) in [4.78, 5) is 24.2. The second-order valence-corrected chi connectivity index (χ2v) is 12.3. The number of furan rings is 1. The maximum absolute atomic E-state index is 6.39. The van der Waals surface area contributed by atoms with Crippen LogP contribution in [0.15, 0.2) is 162 Å². The predicted octanol–water partition coefficient (Wildman–Crippen LogP) is 10.9. The van der Waals surface area contributed by atoms with Crippen molar-refractivity contribution < 1.29 is 4.42 Å². The molecule has 236 valence electrons. The molecule has 0 N–H and O–H groups in total. The lowest BCUT2D eigenvalue weighted by Crippen LogP contribution is -2.00. The second kappa shape index (κ2) is 12.3. The predicted molar refractivity (Wildman–Crippen MR) is 200 cm³/mol. The largest absolute Gasteiger partial charge is 0.438 e. The van der Waals surface area contributed by atoms with Crippen LogP contribution in [0.1, 0.15) is 5.56 Å². The Morgan fingerprint density at radius 2 is 1.12 bits per heavy atom. The molecule has 0 saturated carbocycles. The Balaban J connectivity index is 1.14. The molecular weight excluding hydrogens is 615 g/mol. The Morgan fingerprint density at radius 3 is 1.88 bits per heavy atom. The number of aryl methyl sites for hydroxylation is 1. The summed E-state index contributed by atoms with van der Waals surface area (Å²) in [5.41, 5.74) is 11.5. The van der Waals surface area contributed by atoms with Crippen LogP contribution in [0.25, 0.3) is 89.7 Å². The number of hydrogen-bond acceptors (Lipinski definition) is 6. The Morgan fingerprint density at radius 1 is 0.460 bits per heavy atom. The number of pyridine rings is 2. The highest BCUT2D eigenvalue weighted by Gasteiger charge is 2.18. The molecule has 9 rings (SSSR count). The van der Waals surface area contributed by atoms with Gasteiger partial charge in [0, 0.05) is 40.0 Å². The Hall–Kier alpha value is -6.79. The van der Waals surface area contributed by atoms with Gasteiger partial charge in [0.05, 0.1) is 11.1 Å². The maximum atomic E-state index is 6.39. The number of nitrogens with zero attached hydrogens (tertiary/aromatic N) is 5. The summed E-state index contributed by atoms with van der Waals surface area (Å²) in [6.45, 7) is 2.08. The van der Waals surface area contributed by atoms with Crippen LogP contribution in [0.2, 0.25) is 0 Å². The molecule has 50 heavy (non-hydrogen) atoms. The molecule has 0 aliphatic rings. The van der Waals surface area contributed by atoms with Gasteiger partial charge in [-0.3, -0.25) is 4.98 Å². The van der Waals surface area contributed by atoms with Gasteiger partial charge in [-0.2, -0.15) is 0 Å². The van der Waals surface area contributed by atoms with Crippen molar-refractivity contribution in [2.24, 2.45) is 0 Å². The molecule has 0 amide bonds. The molecule has 0 bridgehead atoms. The van der Waals surface area contributed by atoms with Gasteiger partial charge in [0.15, 0.2) is 17.5 Å². The highest BCUT2D eigenvalue weighted by molar-refractivity contribution is 6.12. The number of benzene rings is 5. The molecule has 0 atom stereocenters. The fraction of sp³-hybridized carbons (Fsp3) is 0.0227. The van der Waals surface area contributed by atoms with E-state index in [4.69, 9.17) is 24.4 Å². The summed E-state index contributed by atoms with van der Waals surface area (Å²) in [6, 6.07) is 49.5. The molecule has 6 nitrogen and oxygen atoms in total. The average molecular weight is 644 g/mol. The van der Waals surface area contributed by atoms with Gasteiger partial charge in [0.25, 0.3) is 0 Å². The van der Waals surface area contributed by atoms with Crippen LogP contribution in [0, 0.1) is 6.92 Å². The first-order chi connectivity index (χ1) is 24.7. The number of aromatic nitrogens is 5. The minimum Gasteiger partial charge on any atom is -0.438 e. The summed E-state index contributed by atoms with van der Waals surface area (Å²) in [7, 11) is 0. The highest BCUT2D eigenvalue weighted by atomic mass is 16.3. The molecule has 4 heterocycles. The van der Waals surface area contributed by atoms with Crippen molar-refractivity contribution in [2.75, 3.05) is 0 Å². The van der Waals surface area contributed by atoms with Gasteiger partial charge in [-0.05, 0) is 71.6 Å². The van der Waals surface area contributed by atoms with E-state index >= 15 is 0 Å². The summed E-state index contributed by atoms with van der Waals surface area (Å²) >= 11 is 0. The van der Waals surface area contributed by atoms with E-state index in [1.165, 1.54) is 11.1 Å². The van der Waals surface area contributed by atoms with E-state index < -0.39 is 0 Å². The normalized spacial score (nSPS) is 11.3. The Bertz CT molecular complexity index is 2650. The maximum Gasteiger partial charge on any atom is 0.227 e. The van der Waals surface area contributed by atoms with E-state index in [1.807, 2.05) is 72.9 Å². The van der Waals surface area contributed by atoms with Gasteiger partial charge in [-0.15, -0.1) is 0 Å². The zero-order valence-electron chi connectivity index (χ0n) is 27.2. The minimum absolute atomic E-state index is 0.544. The SMILES string of the molecule is Cc1cccc(-c2ccc(-c3nc(-c4ccccc4)nc(-c4ccc5c(c4)oc4nccc(-c6cccc(-c7ccccc7)c6)c45)n3)cn2)c1. The quantitative estimate of drug-likeness (QED) is 0.179. The third-order valence-electron chi connectivity index (χ3n) is 8.92. The fourth-order valence-electron chi connectivity index (χ4n) is 6.43. The van der Waals surface area contributed by atoms with Gasteiger partial charge in [0.2, 0.25) is 5.71 Å². The van der Waals surface area contributed by atoms with Crippen LogP contribution < -0.4 is 0 Å². The number of fused-ring (bicyclic) bond motifs is 3. The third-order valence-corrected chi connectivity index (χ3v) is 8.92. The first-order valence-electron chi connectivity index (χ1n) is 16.5. The van der Waals surface area contributed by atoms with Gasteiger partial charge in [-0.25, -0.2) is 19.9 Å². The van der Waals surface area contributed by atoms with Crippen LogP contribution in [0.3, 0.4) is 0 Å². The monoisotopic (exact) mass is 643 g/mol. The zero-order chi connectivity index (χ0) is 33.4. The van der Waals surface area contributed by atoms with Gasteiger partial charge in [-0.1, -0.05) is 109 Å². The van der Waals surface area contributed by atoms with Gasteiger partial charge in [0.1, 0.15) is 5.58 Å². The Kier molecular flexibility index (Phi) is 7.25. The third kappa shape index (κ3) is 5.49. The van der Waals surface area contributed by atoms with Gasteiger partial charge >= 0.3 is 0 Å². The zero-order valence-corrected chi connectivity index (χ0v) is 27.2. The number of hydrogen-bond donors (Lipinski definition) is 0. The van der Waals surface area contributed by atoms with E-state index in [2.05, 4.69) is 90.8 Å². The summed E-state index contributed by atoms with van der Waals surface area (Å²) in [5.74, 6) is 1.67. The first kappa shape index (κ1) is 29.4. The summed E-state index contributed by atoms with van der Waals surface area (Å²) in [6.07, 6.45) is 3.63. The van der Waals surface area contributed by atoms with Crippen LogP contribution in [-0.4, -0.2) is 24.9 Å². The highest BCUT2D eigenvalue weighted by Crippen LogP contribution is 2.38. The average Bonchev–Trinajstić information content (AvgIpc) is 3.57. The van der Waals surface area contributed by atoms with E-state index in [0.717, 1.165) is 55.4 Å². The molecular formula is C44H29N5O. The van der Waals surface area contributed by atoms with Crippen LogP contribution in [-0.2, 0) is 0 Å². The van der Waals surface area contributed by atoms with E-state index in [1.54, 1.807) is 6.20 Å². The fourth-order valence-corrected chi connectivity index (χ4v) is 6.43. The van der Waals surface area contributed by atoms with Crippen LogP contribution in [0.5, 0.6) is 0 Å². The molecule has 6 heteroatoms. The Labute approximate surface area is 288 Å². The van der Waals surface area contributed by atoms with Gasteiger partial charge < -0.3 is 4.42 Å². The molecule has 0 spiro atoms. The molecule has 0 unspecified atom stereocenters. The van der Waals surface area contributed by atoms with Crippen molar-refractivity contribution in [1.82, 2.24) is 24.9 Å². The molecule has 5 aromatic carbocycles. The molecule has 0 aliphatic heterocycles. The van der Waals surface area contributed by atoms with E-state index in [-0.39, 0.29) is 0 Å². The molecule has 0 aliphatic carbocycles. The lowest BCUT2D eigenvalue weighted by atomic mass is 9.97. The van der Waals surface area contributed by atoms with Crippen molar-refractivity contribution in [3.8, 4) is 67.7 Å². The minimum atomic E-state index is 0.544. The van der Waals surface area contributed by atoms with Crippen molar-refractivity contribution in [2.45, 2.75) is 6.92 Å². The van der Waals surface area contributed by atoms with Crippen LogP contribution >= 0.6 is 0 Å². The first-order valence-corrected chi connectivity index (χ1v) is 16.5.